The second-order valence-corrected chi connectivity index (χ2v) is 6.74. The van der Waals surface area contributed by atoms with Gasteiger partial charge < -0.3 is 4.90 Å². The van der Waals surface area contributed by atoms with Crippen LogP contribution in [0.3, 0.4) is 0 Å². The van der Waals surface area contributed by atoms with Crippen molar-refractivity contribution in [2.24, 2.45) is 7.05 Å². The molecule has 4 rings (SSSR count). The lowest BCUT2D eigenvalue weighted by Crippen LogP contribution is -2.29. The van der Waals surface area contributed by atoms with Crippen molar-refractivity contribution in [1.82, 2.24) is 29.6 Å². The highest BCUT2D eigenvalue weighted by Gasteiger charge is 2.32. The van der Waals surface area contributed by atoms with E-state index in [0.717, 1.165) is 24.9 Å². The third kappa shape index (κ3) is 2.69. The standard InChI is InChI=1S/C16H16N6OS/c1-21-10-11(8-20-21)12-4-2-7-22(12)16(23)13-9-19-15(24-13)14-17-5-3-6-18-14/h3,5-6,8-10,12H,2,4,7H2,1H3/t12-/m1/s1. The van der Waals surface area contributed by atoms with Crippen LogP contribution in [0.15, 0.2) is 37.1 Å². The van der Waals surface area contributed by atoms with E-state index in [1.165, 1.54) is 11.3 Å². The van der Waals surface area contributed by atoms with Gasteiger partial charge in [0.25, 0.3) is 5.91 Å². The highest BCUT2D eigenvalue weighted by atomic mass is 32.1. The first kappa shape index (κ1) is 14.9. The molecule has 0 spiro atoms. The fraction of sp³-hybridized carbons (Fsp3) is 0.312. The van der Waals surface area contributed by atoms with Crippen LogP contribution in [0.4, 0.5) is 0 Å². The summed E-state index contributed by atoms with van der Waals surface area (Å²) in [5.41, 5.74) is 1.08. The molecule has 122 valence electrons. The van der Waals surface area contributed by atoms with Crippen molar-refractivity contribution in [2.45, 2.75) is 18.9 Å². The summed E-state index contributed by atoms with van der Waals surface area (Å²) in [6.45, 7) is 0.757. The van der Waals surface area contributed by atoms with Crippen molar-refractivity contribution in [3.63, 3.8) is 0 Å². The normalized spacial score (nSPS) is 17.4. The highest BCUT2D eigenvalue weighted by Crippen LogP contribution is 2.34. The summed E-state index contributed by atoms with van der Waals surface area (Å²) < 4.78 is 1.77. The Labute approximate surface area is 143 Å². The highest BCUT2D eigenvalue weighted by molar-refractivity contribution is 7.16. The molecule has 0 N–H and O–H groups in total. The predicted molar refractivity (Wildman–Crippen MR) is 89.4 cm³/mol. The van der Waals surface area contributed by atoms with E-state index in [0.29, 0.717) is 15.7 Å². The molecular weight excluding hydrogens is 324 g/mol. The van der Waals surface area contributed by atoms with Crippen LogP contribution >= 0.6 is 11.3 Å². The molecule has 1 aliphatic rings. The second-order valence-electron chi connectivity index (χ2n) is 5.71. The Bertz CT molecular complexity index is 858. The van der Waals surface area contributed by atoms with Crippen molar-refractivity contribution in [1.29, 1.82) is 0 Å². The van der Waals surface area contributed by atoms with E-state index in [-0.39, 0.29) is 11.9 Å². The summed E-state index contributed by atoms with van der Waals surface area (Å²) in [7, 11) is 1.89. The molecule has 0 bridgehead atoms. The van der Waals surface area contributed by atoms with Gasteiger partial charge in [-0.1, -0.05) is 0 Å². The first-order valence-corrected chi connectivity index (χ1v) is 8.57. The van der Waals surface area contributed by atoms with E-state index in [1.807, 2.05) is 24.3 Å². The summed E-state index contributed by atoms with van der Waals surface area (Å²) in [5, 5.41) is 4.89. The summed E-state index contributed by atoms with van der Waals surface area (Å²) >= 11 is 1.34. The minimum Gasteiger partial charge on any atom is -0.331 e. The lowest BCUT2D eigenvalue weighted by atomic mass is 10.1. The number of aryl methyl sites for hydroxylation is 1. The molecule has 0 aromatic carbocycles. The van der Waals surface area contributed by atoms with E-state index < -0.39 is 0 Å². The van der Waals surface area contributed by atoms with Crippen LogP contribution in [-0.2, 0) is 7.05 Å². The lowest BCUT2D eigenvalue weighted by Gasteiger charge is -2.23. The Morgan fingerprint density at radius 1 is 1.25 bits per heavy atom. The van der Waals surface area contributed by atoms with Crippen molar-refractivity contribution in [3.05, 3.63) is 47.5 Å². The molecule has 1 aliphatic heterocycles. The lowest BCUT2D eigenvalue weighted by molar-refractivity contribution is 0.0740. The van der Waals surface area contributed by atoms with Gasteiger partial charge in [0.15, 0.2) is 10.8 Å². The topological polar surface area (TPSA) is 76.8 Å². The molecule has 0 aliphatic carbocycles. The number of thiazole rings is 1. The number of aromatic nitrogens is 5. The van der Waals surface area contributed by atoms with E-state index in [4.69, 9.17) is 0 Å². The Morgan fingerprint density at radius 3 is 2.83 bits per heavy atom. The van der Waals surface area contributed by atoms with E-state index in [9.17, 15) is 4.79 Å². The number of likely N-dealkylation sites (tertiary alicyclic amines) is 1. The van der Waals surface area contributed by atoms with Gasteiger partial charge in [-0.25, -0.2) is 15.0 Å². The summed E-state index contributed by atoms with van der Waals surface area (Å²) in [6.07, 6.45) is 10.7. The quantitative estimate of drug-likeness (QED) is 0.731. The maximum atomic E-state index is 12.9. The zero-order chi connectivity index (χ0) is 16.5. The zero-order valence-electron chi connectivity index (χ0n) is 13.2. The van der Waals surface area contributed by atoms with Gasteiger partial charge in [-0.05, 0) is 18.9 Å². The second kappa shape index (κ2) is 6.12. The number of carbonyl (C=O) groups is 1. The largest absolute Gasteiger partial charge is 0.331 e. The maximum Gasteiger partial charge on any atom is 0.266 e. The van der Waals surface area contributed by atoms with E-state index in [2.05, 4.69) is 20.1 Å². The Balaban J connectivity index is 1.58. The van der Waals surface area contributed by atoms with Crippen molar-refractivity contribution in [3.8, 4) is 10.8 Å². The van der Waals surface area contributed by atoms with Crippen LogP contribution < -0.4 is 0 Å². The maximum absolute atomic E-state index is 12.9. The Hall–Kier alpha value is -2.61. The van der Waals surface area contributed by atoms with Gasteiger partial charge in [-0.2, -0.15) is 5.10 Å². The van der Waals surface area contributed by atoms with Crippen molar-refractivity contribution >= 4 is 17.2 Å². The fourth-order valence-electron chi connectivity index (χ4n) is 3.00. The average molecular weight is 340 g/mol. The molecule has 1 saturated heterocycles. The number of rotatable bonds is 3. The number of carbonyl (C=O) groups excluding carboxylic acids is 1. The molecule has 3 aromatic rings. The van der Waals surface area contributed by atoms with Gasteiger partial charge in [-0.15, -0.1) is 11.3 Å². The number of nitrogens with zero attached hydrogens (tertiary/aromatic N) is 6. The fourth-order valence-corrected chi connectivity index (χ4v) is 3.82. The monoisotopic (exact) mass is 340 g/mol. The summed E-state index contributed by atoms with van der Waals surface area (Å²) in [4.78, 5) is 28.1. The van der Waals surface area contributed by atoms with Crippen LogP contribution in [-0.4, -0.2) is 42.1 Å². The van der Waals surface area contributed by atoms with Crippen LogP contribution in [0.1, 0.15) is 34.1 Å². The Kier molecular flexibility index (Phi) is 3.81. The van der Waals surface area contributed by atoms with Crippen LogP contribution in [0.25, 0.3) is 10.8 Å². The summed E-state index contributed by atoms with van der Waals surface area (Å²) in [5.74, 6) is 0.563. The van der Waals surface area contributed by atoms with Gasteiger partial charge in [0.05, 0.1) is 18.4 Å². The van der Waals surface area contributed by atoms with Gasteiger partial charge in [0.2, 0.25) is 0 Å². The van der Waals surface area contributed by atoms with Gasteiger partial charge in [-0.3, -0.25) is 9.48 Å². The molecule has 1 atom stereocenters. The minimum atomic E-state index is 0.0148. The van der Waals surface area contributed by atoms with Gasteiger partial charge in [0.1, 0.15) is 4.88 Å². The van der Waals surface area contributed by atoms with Gasteiger partial charge >= 0.3 is 0 Å². The molecule has 0 saturated carbocycles. The van der Waals surface area contributed by atoms with Crippen molar-refractivity contribution < 1.29 is 4.79 Å². The van der Waals surface area contributed by atoms with Crippen LogP contribution in [0.5, 0.6) is 0 Å². The molecule has 0 radical (unpaired) electrons. The van der Waals surface area contributed by atoms with Crippen molar-refractivity contribution in [2.75, 3.05) is 6.54 Å². The number of hydrogen-bond donors (Lipinski definition) is 0. The SMILES string of the molecule is Cn1cc([C@H]2CCCN2C(=O)c2cnc(-c3ncccn3)s2)cn1. The van der Waals surface area contributed by atoms with Crippen LogP contribution in [0, 0.1) is 0 Å². The third-order valence-corrected chi connectivity index (χ3v) is 5.08. The Morgan fingerprint density at radius 2 is 2.08 bits per heavy atom. The van der Waals surface area contributed by atoms with Gasteiger partial charge in [0, 0.05) is 37.7 Å². The molecule has 0 unspecified atom stereocenters. The molecule has 4 heterocycles. The first-order valence-electron chi connectivity index (χ1n) is 7.75. The molecular formula is C16H16N6OS. The molecule has 3 aromatic heterocycles. The summed E-state index contributed by atoms with van der Waals surface area (Å²) in [6, 6.07) is 1.84. The zero-order valence-corrected chi connectivity index (χ0v) is 14.0. The minimum absolute atomic E-state index is 0.0148. The molecule has 8 heteroatoms. The first-order chi connectivity index (χ1) is 11.7. The van der Waals surface area contributed by atoms with E-state index in [1.54, 1.807) is 29.3 Å². The number of amides is 1. The third-order valence-electron chi connectivity index (χ3n) is 4.10. The molecule has 7 nitrogen and oxygen atoms in total. The number of hydrogen-bond acceptors (Lipinski definition) is 6. The molecule has 24 heavy (non-hydrogen) atoms. The molecule has 1 fully saturated rings. The average Bonchev–Trinajstić information content (AvgIpc) is 3.35. The smallest absolute Gasteiger partial charge is 0.266 e. The van der Waals surface area contributed by atoms with E-state index >= 15 is 0 Å². The predicted octanol–water partition coefficient (Wildman–Crippen LogP) is 2.31. The molecule has 1 amide bonds. The van der Waals surface area contributed by atoms with Crippen LogP contribution in [0.2, 0.25) is 0 Å².